The highest BCUT2D eigenvalue weighted by Gasteiger charge is 2.07. The minimum atomic E-state index is -3.37. The van der Waals surface area contributed by atoms with Gasteiger partial charge in [-0.1, -0.05) is 11.6 Å². The number of anilines is 1. The quantitative estimate of drug-likeness (QED) is 0.528. The van der Waals surface area contributed by atoms with Gasteiger partial charge in [-0.05, 0) is 48.5 Å². The number of sulfonamides is 1. The molecule has 3 N–H and O–H groups in total. The molecule has 8 nitrogen and oxygen atoms in total. The Labute approximate surface area is 168 Å². The number of nitrogens with one attached hydrogen (secondary N) is 3. The number of amides is 2. The number of hydrogen-bond acceptors (Lipinski definition) is 5. The zero-order chi connectivity index (χ0) is 20.6. The normalized spacial score (nSPS) is 10.8. The van der Waals surface area contributed by atoms with Gasteiger partial charge in [0.15, 0.2) is 6.61 Å². The topological polar surface area (TPSA) is 114 Å². The molecule has 0 spiro atoms. The Morgan fingerprint density at radius 3 is 2.18 bits per heavy atom. The molecule has 0 aliphatic carbocycles. The maximum atomic E-state index is 12.0. The number of carbonyl (C=O) groups excluding carboxylic acids is 2. The van der Waals surface area contributed by atoms with Crippen LogP contribution in [0.2, 0.25) is 5.02 Å². The molecule has 0 saturated heterocycles. The Morgan fingerprint density at radius 1 is 0.964 bits per heavy atom. The Hall–Kier alpha value is -2.78. The van der Waals surface area contributed by atoms with E-state index in [0.29, 0.717) is 22.0 Å². The summed E-state index contributed by atoms with van der Waals surface area (Å²) in [6.45, 7) is 0.321. The van der Waals surface area contributed by atoms with Gasteiger partial charge in [0, 0.05) is 29.4 Å². The van der Waals surface area contributed by atoms with Crippen molar-refractivity contribution < 1.29 is 22.7 Å². The summed E-state index contributed by atoms with van der Waals surface area (Å²) in [5, 5.41) is 5.86. The van der Waals surface area contributed by atoms with Crippen LogP contribution in [0.5, 0.6) is 5.75 Å². The summed E-state index contributed by atoms with van der Waals surface area (Å²) in [5.74, 6) is -0.125. The summed E-state index contributed by atoms with van der Waals surface area (Å²) in [7, 11) is -3.37. The molecular formula is C18H20ClN3O5S. The first-order chi connectivity index (χ1) is 13.2. The van der Waals surface area contributed by atoms with Crippen molar-refractivity contribution in [3.8, 4) is 5.75 Å². The zero-order valence-corrected chi connectivity index (χ0v) is 16.6. The van der Waals surface area contributed by atoms with E-state index in [-0.39, 0.29) is 31.5 Å². The predicted molar refractivity (Wildman–Crippen MR) is 107 cm³/mol. The second-order valence-electron chi connectivity index (χ2n) is 5.80. The number of ether oxygens (including phenoxy) is 1. The lowest BCUT2D eigenvalue weighted by Gasteiger charge is -2.09. The van der Waals surface area contributed by atoms with Gasteiger partial charge in [0.1, 0.15) is 5.75 Å². The van der Waals surface area contributed by atoms with Gasteiger partial charge in [0.05, 0.1) is 6.26 Å². The van der Waals surface area contributed by atoms with Gasteiger partial charge in [-0.3, -0.25) is 14.3 Å². The Balaban J connectivity index is 1.67. The molecule has 0 saturated carbocycles. The van der Waals surface area contributed by atoms with Crippen LogP contribution in [0.1, 0.15) is 10.4 Å². The van der Waals surface area contributed by atoms with Crippen molar-refractivity contribution in [3.05, 3.63) is 59.1 Å². The first-order valence-corrected chi connectivity index (χ1v) is 10.5. The summed E-state index contributed by atoms with van der Waals surface area (Å²) in [6.07, 6.45) is 1.04. The molecule has 0 aromatic heterocycles. The van der Waals surface area contributed by atoms with Crippen LogP contribution >= 0.6 is 11.6 Å². The predicted octanol–water partition coefficient (Wildman–Crippen LogP) is 1.64. The van der Waals surface area contributed by atoms with E-state index in [2.05, 4.69) is 15.4 Å². The van der Waals surface area contributed by atoms with E-state index in [4.69, 9.17) is 16.3 Å². The number of halogens is 1. The first-order valence-electron chi connectivity index (χ1n) is 8.24. The van der Waals surface area contributed by atoms with E-state index >= 15 is 0 Å². The van der Waals surface area contributed by atoms with Gasteiger partial charge in [-0.15, -0.1) is 0 Å². The first kappa shape index (κ1) is 21.5. The lowest BCUT2D eigenvalue weighted by molar-refractivity contribution is -0.123. The average Bonchev–Trinajstić information content (AvgIpc) is 2.64. The second-order valence-corrected chi connectivity index (χ2v) is 7.98. The molecule has 0 unspecified atom stereocenters. The van der Waals surface area contributed by atoms with E-state index in [1.165, 1.54) is 24.3 Å². The van der Waals surface area contributed by atoms with Gasteiger partial charge in [-0.25, -0.2) is 8.42 Å². The van der Waals surface area contributed by atoms with E-state index in [1.807, 2.05) is 0 Å². The van der Waals surface area contributed by atoms with Crippen molar-refractivity contribution in [1.82, 2.24) is 10.6 Å². The number of hydrogen-bond donors (Lipinski definition) is 3. The molecular weight excluding hydrogens is 406 g/mol. The fourth-order valence-corrected chi connectivity index (χ4v) is 2.80. The van der Waals surface area contributed by atoms with Gasteiger partial charge < -0.3 is 15.4 Å². The third-order valence-corrected chi connectivity index (χ3v) is 4.23. The van der Waals surface area contributed by atoms with Crippen LogP contribution in [-0.2, 0) is 14.8 Å². The molecule has 0 heterocycles. The Bertz CT molecular complexity index is 915. The van der Waals surface area contributed by atoms with Gasteiger partial charge in [-0.2, -0.15) is 0 Å². The maximum absolute atomic E-state index is 12.0. The van der Waals surface area contributed by atoms with Gasteiger partial charge >= 0.3 is 0 Å². The molecule has 0 atom stereocenters. The number of rotatable bonds is 9. The largest absolute Gasteiger partial charge is 0.484 e. The Morgan fingerprint density at radius 2 is 1.57 bits per heavy atom. The van der Waals surface area contributed by atoms with E-state index in [1.54, 1.807) is 24.3 Å². The highest BCUT2D eigenvalue weighted by atomic mass is 35.5. The summed E-state index contributed by atoms with van der Waals surface area (Å²) >= 11 is 5.77. The number of carbonyl (C=O) groups is 2. The summed E-state index contributed by atoms with van der Waals surface area (Å²) < 4.78 is 29.9. The van der Waals surface area contributed by atoms with Crippen LogP contribution in [0.3, 0.4) is 0 Å². The standard InChI is InChI=1S/C18H20ClN3O5S/c1-28(25,26)22-15-6-2-13(3-7-15)18(24)21-11-10-20-17(23)12-27-16-8-4-14(19)5-9-16/h2-9,22H,10-12H2,1H3,(H,20,23)(H,21,24). The smallest absolute Gasteiger partial charge is 0.258 e. The molecule has 10 heteroatoms. The van der Waals surface area contributed by atoms with Crippen molar-refractivity contribution in [2.24, 2.45) is 0 Å². The van der Waals surface area contributed by atoms with Crippen LogP contribution in [0, 0.1) is 0 Å². The lowest BCUT2D eigenvalue weighted by atomic mass is 10.2. The molecule has 2 aromatic rings. The minimum absolute atomic E-state index is 0.148. The van der Waals surface area contributed by atoms with Crippen molar-refractivity contribution in [2.45, 2.75) is 0 Å². The third-order valence-electron chi connectivity index (χ3n) is 3.37. The van der Waals surface area contributed by atoms with Crippen LogP contribution in [0.25, 0.3) is 0 Å². The molecule has 2 rings (SSSR count). The van der Waals surface area contributed by atoms with Crippen molar-refractivity contribution >= 4 is 39.1 Å². The molecule has 2 amide bonds. The minimum Gasteiger partial charge on any atom is -0.484 e. The molecule has 0 radical (unpaired) electrons. The molecule has 28 heavy (non-hydrogen) atoms. The number of benzene rings is 2. The molecule has 0 bridgehead atoms. The van der Waals surface area contributed by atoms with Crippen molar-refractivity contribution in [3.63, 3.8) is 0 Å². The maximum Gasteiger partial charge on any atom is 0.258 e. The van der Waals surface area contributed by atoms with Crippen LogP contribution in [0.15, 0.2) is 48.5 Å². The van der Waals surface area contributed by atoms with Gasteiger partial charge in [0.25, 0.3) is 11.8 Å². The fourth-order valence-electron chi connectivity index (χ4n) is 2.11. The van der Waals surface area contributed by atoms with Crippen LogP contribution in [-0.4, -0.2) is 46.2 Å². The third kappa shape index (κ3) is 7.85. The molecule has 2 aromatic carbocycles. The van der Waals surface area contributed by atoms with Crippen molar-refractivity contribution in [1.29, 1.82) is 0 Å². The summed E-state index contributed by atoms with van der Waals surface area (Å²) in [5.41, 5.74) is 0.739. The molecule has 0 aliphatic heterocycles. The summed E-state index contributed by atoms with van der Waals surface area (Å²) in [6, 6.07) is 12.6. The lowest BCUT2D eigenvalue weighted by Crippen LogP contribution is -2.36. The highest BCUT2D eigenvalue weighted by Crippen LogP contribution is 2.15. The monoisotopic (exact) mass is 425 g/mol. The SMILES string of the molecule is CS(=O)(=O)Nc1ccc(C(=O)NCCNC(=O)COc2ccc(Cl)cc2)cc1. The van der Waals surface area contributed by atoms with E-state index in [9.17, 15) is 18.0 Å². The molecule has 150 valence electrons. The average molecular weight is 426 g/mol. The van der Waals surface area contributed by atoms with Crippen LogP contribution < -0.4 is 20.1 Å². The highest BCUT2D eigenvalue weighted by molar-refractivity contribution is 7.92. The van der Waals surface area contributed by atoms with E-state index in [0.717, 1.165) is 6.26 Å². The van der Waals surface area contributed by atoms with Gasteiger partial charge in [0.2, 0.25) is 10.0 Å². The van der Waals surface area contributed by atoms with E-state index < -0.39 is 10.0 Å². The zero-order valence-electron chi connectivity index (χ0n) is 15.1. The Kier molecular flexibility index (Phi) is 7.65. The summed E-state index contributed by atoms with van der Waals surface area (Å²) in [4.78, 5) is 23.7. The van der Waals surface area contributed by atoms with Crippen molar-refractivity contribution in [2.75, 3.05) is 30.7 Å². The fraction of sp³-hybridized carbons (Fsp3) is 0.222. The second kappa shape index (κ2) is 9.95. The molecule has 0 fully saturated rings. The van der Waals surface area contributed by atoms with Crippen LogP contribution in [0.4, 0.5) is 5.69 Å². The molecule has 0 aliphatic rings.